The van der Waals surface area contributed by atoms with Crippen molar-refractivity contribution in [3.8, 4) is 0 Å². The van der Waals surface area contributed by atoms with Gasteiger partial charge in [0.25, 0.3) is 5.91 Å². The molecule has 0 saturated carbocycles. The van der Waals surface area contributed by atoms with Gasteiger partial charge in [0.1, 0.15) is 5.71 Å². The molecule has 4 N–H and O–H groups in total. The van der Waals surface area contributed by atoms with E-state index in [1.165, 1.54) is 0 Å². The first-order chi connectivity index (χ1) is 7.74. The Balaban J connectivity index is 2.40. The Labute approximate surface area is 93.7 Å². The number of carbonyl (C=O) groups is 1. The zero-order chi connectivity index (χ0) is 11.5. The maximum atomic E-state index is 11.6. The Morgan fingerprint density at radius 2 is 2.00 bits per heavy atom. The molecule has 5 nitrogen and oxygen atoms in total. The summed E-state index contributed by atoms with van der Waals surface area (Å²) in [6.07, 6.45) is 0. The highest BCUT2D eigenvalue weighted by atomic mass is 16.2. The molecule has 16 heavy (non-hydrogen) atoms. The van der Waals surface area contributed by atoms with E-state index < -0.39 is 0 Å². The number of carbonyl (C=O) groups excluding carboxylic acids is 1. The van der Waals surface area contributed by atoms with Gasteiger partial charge in [-0.1, -0.05) is 30.3 Å². The lowest BCUT2D eigenvalue weighted by Crippen LogP contribution is -2.57. The monoisotopic (exact) mass is 218 g/mol. The summed E-state index contributed by atoms with van der Waals surface area (Å²) in [5.41, 5.74) is 6.83. The largest absolute Gasteiger partial charge is 0.323 e. The number of hydrazine groups is 1. The second kappa shape index (κ2) is 4.32. The third kappa shape index (κ3) is 1.77. The standard InChI is InChI=1S/C11H14N4O/c1-7-9(8-5-3-2-4-6-8)10(13-12)11(16)15-14-7/h2-7,9,14H,12H2,1H3,(H,15,16)/b13-10-. The number of rotatable bonds is 1. The Morgan fingerprint density at radius 1 is 1.31 bits per heavy atom. The summed E-state index contributed by atoms with van der Waals surface area (Å²) in [6.45, 7) is 1.97. The van der Waals surface area contributed by atoms with Crippen LogP contribution in [0.1, 0.15) is 18.4 Å². The summed E-state index contributed by atoms with van der Waals surface area (Å²) in [4.78, 5) is 11.6. The Hall–Kier alpha value is -1.88. The van der Waals surface area contributed by atoms with Crippen LogP contribution in [-0.4, -0.2) is 17.7 Å². The molecular weight excluding hydrogens is 204 g/mol. The minimum absolute atomic E-state index is 0.0578. The van der Waals surface area contributed by atoms with Crippen molar-refractivity contribution >= 4 is 11.6 Å². The SMILES string of the molecule is CC1NNC(=O)/C(=N\N)C1c1ccccc1. The van der Waals surface area contributed by atoms with Crippen LogP contribution in [0.25, 0.3) is 0 Å². The van der Waals surface area contributed by atoms with Gasteiger partial charge in [0.15, 0.2) is 0 Å². The van der Waals surface area contributed by atoms with Crippen molar-refractivity contribution in [1.82, 2.24) is 10.9 Å². The molecule has 1 saturated heterocycles. The molecule has 2 unspecified atom stereocenters. The molecule has 1 amide bonds. The molecule has 1 aliphatic heterocycles. The first-order valence-electron chi connectivity index (χ1n) is 5.12. The summed E-state index contributed by atoms with van der Waals surface area (Å²) in [5.74, 6) is 4.90. The first kappa shape index (κ1) is 10.6. The molecule has 1 aromatic carbocycles. The summed E-state index contributed by atoms with van der Waals surface area (Å²) in [5, 5.41) is 3.60. The van der Waals surface area contributed by atoms with Gasteiger partial charge in [0, 0.05) is 6.04 Å². The van der Waals surface area contributed by atoms with Crippen LogP contribution in [0.3, 0.4) is 0 Å². The van der Waals surface area contributed by atoms with E-state index in [9.17, 15) is 4.79 Å². The topological polar surface area (TPSA) is 79.5 Å². The molecule has 5 heteroatoms. The number of nitrogens with one attached hydrogen (secondary N) is 2. The van der Waals surface area contributed by atoms with Crippen LogP contribution in [0.4, 0.5) is 0 Å². The highest BCUT2D eigenvalue weighted by Gasteiger charge is 2.33. The normalized spacial score (nSPS) is 27.8. The minimum atomic E-state index is -0.269. The van der Waals surface area contributed by atoms with Gasteiger partial charge in [0.2, 0.25) is 0 Å². The van der Waals surface area contributed by atoms with Crippen molar-refractivity contribution in [1.29, 1.82) is 0 Å². The highest BCUT2D eigenvalue weighted by Crippen LogP contribution is 2.23. The number of amides is 1. The molecule has 1 fully saturated rings. The molecule has 2 rings (SSSR count). The molecule has 0 spiro atoms. The van der Waals surface area contributed by atoms with Crippen LogP contribution in [0.2, 0.25) is 0 Å². The first-order valence-corrected chi connectivity index (χ1v) is 5.12. The highest BCUT2D eigenvalue weighted by molar-refractivity contribution is 6.41. The van der Waals surface area contributed by atoms with E-state index in [1.54, 1.807) is 0 Å². The second-order valence-electron chi connectivity index (χ2n) is 3.79. The van der Waals surface area contributed by atoms with E-state index in [2.05, 4.69) is 16.0 Å². The van der Waals surface area contributed by atoms with Crippen molar-refractivity contribution in [3.63, 3.8) is 0 Å². The molecule has 0 radical (unpaired) electrons. The summed E-state index contributed by atoms with van der Waals surface area (Å²) in [6, 6.07) is 9.79. The molecule has 84 valence electrons. The Bertz CT molecular complexity index is 415. The minimum Gasteiger partial charge on any atom is -0.323 e. The van der Waals surface area contributed by atoms with E-state index in [0.29, 0.717) is 5.71 Å². The number of nitrogens with two attached hydrogens (primary N) is 1. The quantitative estimate of drug-likeness (QED) is 0.462. The summed E-state index contributed by atoms with van der Waals surface area (Å²) >= 11 is 0. The zero-order valence-corrected chi connectivity index (χ0v) is 8.97. The van der Waals surface area contributed by atoms with E-state index >= 15 is 0 Å². The number of benzene rings is 1. The van der Waals surface area contributed by atoms with Crippen molar-refractivity contribution in [2.75, 3.05) is 0 Å². The van der Waals surface area contributed by atoms with E-state index in [0.717, 1.165) is 5.56 Å². The van der Waals surface area contributed by atoms with Gasteiger partial charge in [-0.25, -0.2) is 5.43 Å². The van der Waals surface area contributed by atoms with Crippen LogP contribution in [0.5, 0.6) is 0 Å². The Morgan fingerprint density at radius 3 is 2.62 bits per heavy atom. The summed E-state index contributed by atoms with van der Waals surface area (Å²) < 4.78 is 0. The smallest absolute Gasteiger partial charge is 0.282 e. The number of hydrazone groups is 1. The maximum absolute atomic E-state index is 11.6. The third-order valence-electron chi connectivity index (χ3n) is 2.74. The fourth-order valence-electron chi connectivity index (χ4n) is 1.95. The fraction of sp³-hybridized carbons (Fsp3) is 0.273. The van der Waals surface area contributed by atoms with Crippen LogP contribution in [-0.2, 0) is 4.79 Å². The fourth-order valence-corrected chi connectivity index (χ4v) is 1.95. The second-order valence-corrected chi connectivity index (χ2v) is 3.79. The van der Waals surface area contributed by atoms with Crippen LogP contribution < -0.4 is 16.7 Å². The number of hydrogen-bond donors (Lipinski definition) is 3. The lowest BCUT2D eigenvalue weighted by molar-refractivity contribution is -0.116. The van der Waals surface area contributed by atoms with Crippen LogP contribution in [0, 0.1) is 0 Å². The van der Waals surface area contributed by atoms with E-state index in [-0.39, 0.29) is 17.9 Å². The average molecular weight is 218 g/mol. The molecule has 1 aromatic rings. The van der Waals surface area contributed by atoms with Crippen molar-refractivity contribution < 1.29 is 4.79 Å². The number of nitrogens with zero attached hydrogens (tertiary/aromatic N) is 1. The molecular formula is C11H14N4O. The molecule has 0 aromatic heterocycles. The van der Waals surface area contributed by atoms with Crippen LogP contribution >= 0.6 is 0 Å². The molecule has 2 atom stereocenters. The van der Waals surface area contributed by atoms with E-state index in [1.807, 2.05) is 37.3 Å². The van der Waals surface area contributed by atoms with Gasteiger partial charge in [-0.2, -0.15) is 5.10 Å². The maximum Gasteiger partial charge on any atom is 0.282 e. The zero-order valence-electron chi connectivity index (χ0n) is 8.97. The third-order valence-corrected chi connectivity index (χ3v) is 2.74. The van der Waals surface area contributed by atoms with Crippen molar-refractivity contribution in [3.05, 3.63) is 35.9 Å². The lowest BCUT2D eigenvalue weighted by atomic mass is 9.86. The molecule has 0 bridgehead atoms. The molecule has 1 aliphatic rings. The van der Waals surface area contributed by atoms with Gasteiger partial charge in [-0.15, -0.1) is 0 Å². The summed E-state index contributed by atoms with van der Waals surface area (Å²) in [7, 11) is 0. The predicted octanol–water partition coefficient (Wildman–Crippen LogP) is 0.108. The van der Waals surface area contributed by atoms with Crippen LogP contribution in [0.15, 0.2) is 35.4 Å². The van der Waals surface area contributed by atoms with Gasteiger partial charge >= 0.3 is 0 Å². The number of hydrogen-bond acceptors (Lipinski definition) is 4. The van der Waals surface area contributed by atoms with Gasteiger partial charge in [-0.05, 0) is 12.5 Å². The van der Waals surface area contributed by atoms with Crippen molar-refractivity contribution in [2.45, 2.75) is 18.9 Å². The van der Waals surface area contributed by atoms with E-state index in [4.69, 9.17) is 5.84 Å². The molecule has 1 heterocycles. The van der Waals surface area contributed by atoms with Gasteiger partial charge in [0.05, 0.1) is 5.92 Å². The van der Waals surface area contributed by atoms with Crippen molar-refractivity contribution in [2.24, 2.45) is 10.9 Å². The van der Waals surface area contributed by atoms with Gasteiger partial charge in [-0.3, -0.25) is 10.2 Å². The van der Waals surface area contributed by atoms with Gasteiger partial charge < -0.3 is 5.84 Å². The average Bonchev–Trinajstić information content (AvgIpc) is 2.33. The Kier molecular flexibility index (Phi) is 2.87. The predicted molar refractivity (Wildman–Crippen MR) is 61.5 cm³/mol. The molecule has 0 aliphatic carbocycles. The lowest BCUT2D eigenvalue weighted by Gasteiger charge is -2.30.